The van der Waals surface area contributed by atoms with Crippen molar-refractivity contribution in [1.82, 2.24) is 9.78 Å². The molecule has 8 heteroatoms. The van der Waals surface area contributed by atoms with Crippen LogP contribution in [0, 0.1) is 5.92 Å². The third kappa shape index (κ3) is 3.26. The number of aromatic nitrogens is 2. The Labute approximate surface area is 154 Å². The number of nitrogens with zero attached hydrogens (tertiary/aromatic N) is 3. The molecule has 5 nitrogen and oxygen atoms in total. The third-order valence-electron chi connectivity index (χ3n) is 4.31. The minimum atomic E-state index is -0.504. The van der Waals surface area contributed by atoms with Gasteiger partial charge in [0.1, 0.15) is 5.02 Å². The Morgan fingerprint density at radius 1 is 1.25 bits per heavy atom. The average Bonchev–Trinajstić information content (AvgIpc) is 2.55. The van der Waals surface area contributed by atoms with Gasteiger partial charge in [-0.25, -0.2) is 0 Å². The fourth-order valence-corrected chi connectivity index (χ4v) is 3.30. The van der Waals surface area contributed by atoms with Gasteiger partial charge in [-0.05, 0) is 30.5 Å². The zero-order chi connectivity index (χ0) is 17.4. The van der Waals surface area contributed by atoms with E-state index in [-0.39, 0.29) is 22.1 Å². The zero-order valence-corrected chi connectivity index (χ0v) is 15.2. The van der Waals surface area contributed by atoms with Gasteiger partial charge >= 0.3 is 0 Å². The quantitative estimate of drug-likeness (QED) is 0.856. The maximum Gasteiger partial charge on any atom is 0.291 e. The lowest BCUT2D eigenvalue weighted by Crippen LogP contribution is -2.43. The zero-order valence-electron chi connectivity index (χ0n) is 12.9. The summed E-state index contributed by atoms with van der Waals surface area (Å²) in [6.07, 6.45) is 1.83. The summed E-state index contributed by atoms with van der Waals surface area (Å²) in [5, 5.41) is 14.6. The normalized spacial score (nSPS) is 21.1. The molecule has 1 saturated heterocycles. The fraction of sp³-hybridized carbons (Fsp3) is 0.375. The van der Waals surface area contributed by atoms with Crippen LogP contribution in [0.4, 0.5) is 5.69 Å². The van der Waals surface area contributed by atoms with Crippen molar-refractivity contribution in [3.8, 4) is 5.69 Å². The van der Waals surface area contributed by atoms with Crippen molar-refractivity contribution in [3.63, 3.8) is 0 Å². The third-order valence-corrected chi connectivity index (χ3v) is 5.36. The van der Waals surface area contributed by atoms with Crippen molar-refractivity contribution >= 4 is 40.5 Å². The van der Waals surface area contributed by atoms with E-state index in [1.165, 1.54) is 6.20 Å². The summed E-state index contributed by atoms with van der Waals surface area (Å²) in [5.41, 5.74) is 0.813. The van der Waals surface area contributed by atoms with Crippen LogP contribution in [0.25, 0.3) is 5.69 Å². The highest BCUT2D eigenvalue weighted by Crippen LogP contribution is 2.31. The van der Waals surface area contributed by atoms with Crippen LogP contribution in [0.15, 0.2) is 29.2 Å². The molecule has 1 aliphatic rings. The van der Waals surface area contributed by atoms with Crippen LogP contribution in [-0.4, -0.2) is 34.1 Å². The largest absolute Gasteiger partial charge is 0.391 e. The van der Waals surface area contributed by atoms with Crippen molar-refractivity contribution < 1.29 is 5.11 Å². The molecule has 1 aliphatic heterocycles. The van der Waals surface area contributed by atoms with E-state index in [4.69, 9.17) is 34.8 Å². The predicted octanol–water partition coefficient (Wildman–Crippen LogP) is 3.40. The van der Waals surface area contributed by atoms with Crippen molar-refractivity contribution in [3.05, 3.63) is 49.8 Å². The Morgan fingerprint density at radius 2 is 2.00 bits per heavy atom. The molecule has 2 atom stereocenters. The predicted molar refractivity (Wildman–Crippen MR) is 96.9 cm³/mol. The lowest BCUT2D eigenvalue weighted by atomic mass is 9.95. The Kier molecular flexibility index (Phi) is 5.06. The summed E-state index contributed by atoms with van der Waals surface area (Å²) in [7, 11) is 0. The van der Waals surface area contributed by atoms with Crippen LogP contribution < -0.4 is 10.5 Å². The monoisotopic (exact) mass is 387 g/mol. The molecular formula is C16H16Cl3N3O2. The van der Waals surface area contributed by atoms with Gasteiger partial charge in [0.2, 0.25) is 0 Å². The highest BCUT2D eigenvalue weighted by Gasteiger charge is 2.25. The summed E-state index contributed by atoms with van der Waals surface area (Å²) in [6.45, 7) is 3.39. The van der Waals surface area contributed by atoms with E-state index in [2.05, 4.69) is 5.10 Å². The Balaban J connectivity index is 1.94. The van der Waals surface area contributed by atoms with E-state index in [0.29, 0.717) is 17.3 Å². The number of aliphatic hydroxyl groups is 1. The maximum atomic E-state index is 12.2. The lowest BCUT2D eigenvalue weighted by molar-refractivity contribution is 0.103. The molecule has 2 heterocycles. The summed E-state index contributed by atoms with van der Waals surface area (Å²) < 4.78 is 1.15. The Morgan fingerprint density at radius 3 is 2.67 bits per heavy atom. The van der Waals surface area contributed by atoms with Crippen LogP contribution in [0.2, 0.25) is 15.1 Å². The van der Waals surface area contributed by atoms with Gasteiger partial charge < -0.3 is 10.0 Å². The molecule has 1 N–H and O–H groups in total. The molecular weight excluding hydrogens is 373 g/mol. The number of aliphatic hydroxyl groups excluding tert-OH is 1. The molecule has 0 bridgehead atoms. The number of hydrogen-bond acceptors (Lipinski definition) is 4. The summed E-state index contributed by atoms with van der Waals surface area (Å²) >= 11 is 18.1. The summed E-state index contributed by atoms with van der Waals surface area (Å²) in [5.74, 6) is 0.276. The summed E-state index contributed by atoms with van der Waals surface area (Å²) in [6, 6.07) is 5.21. The highest BCUT2D eigenvalue weighted by atomic mass is 35.5. The highest BCUT2D eigenvalue weighted by molar-refractivity contribution is 6.41. The SMILES string of the molecule is CC1CCN(c2ccc(-n3ncc(Cl)c(Cl)c3=O)cc2Cl)CC1O. The van der Waals surface area contributed by atoms with Crippen LogP contribution in [-0.2, 0) is 0 Å². The number of hydrogen-bond donors (Lipinski definition) is 1. The van der Waals surface area contributed by atoms with Crippen LogP contribution in [0.3, 0.4) is 0 Å². The second kappa shape index (κ2) is 6.92. The van der Waals surface area contributed by atoms with Crippen molar-refractivity contribution in [2.75, 3.05) is 18.0 Å². The van der Waals surface area contributed by atoms with Gasteiger partial charge in [0.25, 0.3) is 5.56 Å². The Hall–Kier alpha value is -1.27. The van der Waals surface area contributed by atoms with E-state index >= 15 is 0 Å². The van der Waals surface area contributed by atoms with E-state index in [1.54, 1.807) is 12.1 Å². The second-order valence-electron chi connectivity index (χ2n) is 5.94. The van der Waals surface area contributed by atoms with Gasteiger partial charge in [0, 0.05) is 13.1 Å². The van der Waals surface area contributed by atoms with E-state index in [1.807, 2.05) is 17.9 Å². The van der Waals surface area contributed by atoms with Gasteiger partial charge in [-0.3, -0.25) is 4.79 Å². The Bertz CT molecular complexity index is 825. The lowest BCUT2D eigenvalue weighted by Gasteiger charge is -2.36. The molecule has 0 aliphatic carbocycles. The summed E-state index contributed by atoms with van der Waals surface area (Å²) in [4.78, 5) is 14.2. The van der Waals surface area contributed by atoms with Gasteiger partial charge in [0.15, 0.2) is 0 Å². The first-order valence-electron chi connectivity index (χ1n) is 7.54. The topological polar surface area (TPSA) is 58.4 Å². The molecule has 24 heavy (non-hydrogen) atoms. The molecule has 1 aromatic heterocycles. The molecule has 1 aromatic carbocycles. The number of rotatable bonds is 2. The molecule has 128 valence electrons. The number of piperidine rings is 1. The van der Waals surface area contributed by atoms with Crippen LogP contribution in [0.1, 0.15) is 13.3 Å². The van der Waals surface area contributed by atoms with Crippen molar-refractivity contribution in [2.24, 2.45) is 5.92 Å². The maximum absolute atomic E-state index is 12.2. The molecule has 3 rings (SSSR count). The van der Waals surface area contributed by atoms with Gasteiger partial charge in [-0.1, -0.05) is 41.7 Å². The number of benzene rings is 1. The van der Waals surface area contributed by atoms with Gasteiger partial charge in [-0.2, -0.15) is 9.78 Å². The minimum Gasteiger partial charge on any atom is -0.391 e. The van der Waals surface area contributed by atoms with E-state index in [9.17, 15) is 9.90 Å². The van der Waals surface area contributed by atoms with Gasteiger partial charge in [0.05, 0.1) is 33.7 Å². The van der Waals surface area contributed by atoms with Gasteiger partial charge in [-0.15, -0.1) is 0 Å². The standard InChI is InChI=1S/C16H16Cl3N3O2/c1-9-4-5-21(8-14(9)23)13-3-2-10(6-11(13)17)22-16(24)15(19)12(18)7-20-22/h2-3,6-7,9,14,23H,4-5,8H2,1H3. The average molecular weight is 389 g/mol. The van der Waals surface area contributed by atoms with Crippen LogP contribution >= 0.6 is 34.8 Å². The molecule has 1 fully saturated rings. The molecule has 0 amide bonds. The van der Waals surface area contributed by atoms with Crippen molar-refractivity contribution in [1.29, 1.82) is 0 Å². The molecule has 2 unspecified atom stereocenters. The molecule has 0 spiro atoms. The fourth-order valence-electron chi connectivity index (χ4n) is 2.75. The number of anilines is 1. The van der Waals surface area contributed by atoms with Crippen molar-refractivity contribution in [2.45, 2.75) is 19.4 Å². The number of β-amino-alcohol motifs (C(OH)–C–C–N with tert-alkyl or cyclic N) is 1. The van der Waals surface area contributed by atoms with E-state index < -0.39 is 5.56 Å². The molecule has 0 radical (unpaired) electrons. The first-order valence-corrected chi connectivity index (χ1v) is 8.68. The second-order valence-corrected chi connectivity index (χ2v) is 7.13. The number of halogens is 3. The van der Waals surface area contributed by atoms with E-state index in [0.717, 1.165) is 23.3 Å². The molecule has 2 aromatic rings. The first kappa shape index (κ1) is 17.5. The minimum absolute atomic E-state index is 0.0833. The first-order chi connectivity index (χ1) is 11.4. The van der Waals surface area contributed by atoms with Crippen LogP contribution in [0.5, 0.6) is 0 Å². The smallest absolute Gasteiger partial charge is 0.291 e. The molecule has 0 saturated carbocycles.